The highest BCUT2D eigenvalue weighted by atomic mass is 16.5. The highest BCUT2D eigenvalue weighted by Crippen LogP contribution is 2.16. The third-order valence-electron chi connectivity index (χ3n) is 2.47. The molecule has 102 valence electrons. The molecule has 0 saturated heterocycles. The lowest BCUT2D eigenvalue weighted by atomic mass is 10.4. The van der Waals surface area contributed by atoms with Crippen LogP contribution in [0, 0.1) is 0 Å². The Labute approximate surface area is 112 Å². The number of rotatable bonds is 6. The SMILES string of the molecule is CCCOc1ccnc(Nc2cnn(C(C)C)c2)n1. The molecule has 0 aliphatic carbocycles. The molecule has 0 unspecified atom stereocenters. The van der Waals surface area contributed by atoms with Crippen LogP contribution < -0.4 is 10.1 Å². The minimum Gasteiger partial charge on any atom is -0.478 e. The summed E-state index contributed by atoms with van der Waals surface area (Å²) in [6.45, 7) is 6.86. The molecule has 0 fully saturated rings. The highest BCUT2D eigenvalue weighted by molar-refractivity contribution is 5.50. The number of ether oxygens (including phenoxy) is 1. The smallest absolute Gasteiger partial charge is 0.230 e. The zero-order valence-electron chi connectivity index (χ0n) is 11.5. The number of nitrogens with one attached hydrogen (secondary N) is 1. The second-order valence-electron chi connectivity index (χ2n) is 4.49. The summed E-state index contributed by atoms with van der Waals surface area (Å²) in [6.07, 6.45) is 6.30. The second kappa shape index (κ2) is 6.17. The topological polar surface area (TPSA) is 64.9 Å². The van der Waals surface area contributed by atoms with Crippen LogP contribution in [0.1, 0.15) is 33.2 Å². The van der Waals surface area contributed by atoms with Crippen molar-refractivity contribution in [1.29, 1.82) is 0 Å². The van der Waals surface area contributed by atoms with Crippen LogP contribution in [-0.4, -0.2) is 26.4 Å². The fourth-order valence-electron chi connectivity index (χ4n) is 1.50. The van der Waals surface area contributed by atoms with Crippen LogP contribution in [0.2, 0.25) is 0 Å². The fourth-order valence-corrected chi connectivity index (χ4v) is 1.50. The van der Waals surface area contributed by atoms with E-state index in [2.05, 4.69) is 41.2 Å². The Balaban J connectivity index is 2.05. The molecule has 2 aromatic heterocycles. The molecule has 1 N–H and O–H groups in total. The predicted molar refractivity (Wildman–Crippen MR) is 73.7 cm³/mol. The molecule has 0 spiro atoms. The molecule has 2 rings (SSSR count). The fraction of sp³-hybridized carbons (Fsp3) is 0.462. The molecule has 0 aliphatic heterocycles. The predicted octanol–water partition coefficient (Wildman–Crippen LogP) is 2.79. The maximum absolute atomic E-state index is 5.47. The number of hydrogen-bond donors (Lipinski definition) is 1. The van der Waals surface area contributed by atoms with Gasteiger partial charge in [0.2, 0.25) is 11.8 Å². The summed E-state index contributed by atoms with van der Waals surface area (Å²) in [7, 11) is 0. The van der Waals surface area contributed by atoms with Crippen molar-refractivity contribution in [2.45, 2.75) is 33.2 Å². The zero-order chi connectivity index (χ0) is 13.7. The first-order valence-corrected chi connectivity index (χ1v) is 6.46. The molecule has 0 aliphatic rings. The Morgan fingerprint density at radius 2 is 2.26 bits per heavy atom. The van der Waals surface area contributed by atoms with E-state index < -0.39 is 0 Å². The standard InChI is InChI=1S/C13H19N5O/c1-4-7-19-12-5-6-14-13(17-12)16-11-8-15-18(9-11)10(2)3/h5-6,8-10H,4,7H2,1-3H3,(H,14,16,17). The second-order valence-corrected chi connectivity index (χ2v) is 4.49. The lowest BCUT2D eigenvalue weighted by Gasteiger charge is -2.06. The Morgan fingerprint density at radius 3 is 2.95 bits per heavy atom. The van der Waals surface area contributed by atoms with Crippen molar-refractivity contribution in [2.24, 2.45) is 0 Å². The van der Waals surface area contributed by atoms with Crippen LogP contribution in [0.25, 0.3) is 0 Å². The van der Waals surface area contributed by atoms with E-state index >= 15 is 0 Å². The molecule has 2 aromatic rings. The van der Waals surface area contributed by atoms with E-state index in [1.165, 1.54) is 0 Å². The van der Waals surface area contributed by atoms with Gasteiger partial charge in [-0.1, -0.05) is 6.92 Å². The number of nitrogens with zero attached hydrogens (tertiary/aromatic N) is 4. The van der Waals surface area contributed by atoms with Gasteiger partial charge in [-0.05, 0) is 20.3 Å². The summed E-state index contributed by atoms with van der Waals surface area (Å²) in [5.74, 6) is 1.09. The molecule has 6 nitrogen and oxygen atoms in total. The van der Waals surface area contributed by atoms with Crippen molar-refractivity contribution in [3.63, 3.8) is 0 Å². The first kappa shape index (κ1) is 13.3. The van der Waals surface area contributed by atoms with Gasteiger partial charge in [0.1, 0.15) is 0 Å². The van der Waals surface area contributed by atoms with Crippen LogP contribution in [0.15, 0.2) is 24.7 Å². The normalized spacial score (nSPS) is 10.7. The number of aromatic nitrogens is 4. The summed E-state index contributed by atoms with van der Waals surface area (Å²) in [5, 5.41) is 7.36. The van der Waals surface area contributed by atoms with Gasteiger partial charge in [-0.3, -0.25) is 4.68 Å². The lowest BCUT2D eigenvalue weighted by molar-refractivity contribution is 0.305. The van der Waals surface area contributed by atoms with Crippen molar-refractivity contribution >= 4 is 11.6 Å². The van der Waals surface area contributed by atoms with Crippen LogP contribution in [0.3, 0.4) is 0 Å². The van der Waals surface area contributed by atoms with E-state index in [-0.39, 0.29) is 0 Å². The van der Waals surface area contributed by atoms with Gasteiger partial charge in [-0.15, -0.1) is 0 Å². The van der Waals surface area contributed by atoms with Crippen molar-refractivity contribution in [1.82, 2.24) is 19.7 Å². The third-order valence-corrected chi connectivity index (χ3v) is 2.47. The van der Waals surface area contributed by atoms with Gasteiger partial charge in [-0.2, -0.15) is 10.1 Å². The number of hydrogen-bond acceptors (Lipinski definition) is 5. The molecule has 19 heavy (non-hydrogen) atoms. The van der Waals surface area contributed by atoms with Crippen LogP contribution >= 0.6 is 0 Å². The molecule has 0 atom stereocenters. The molecular formula is C13H19N5O. The highest BCUT2D eigenvalue weighted by Gasteiger charge is 2.04. The summed E-state index contributed by atoms with van der Waals surface area (Å²) in [5.41, 5.74) is 0.862. The molecular weight excluding hydrogens is 242 g/mol. The maximum Gasteiger partial charge on any atom is 0.230 e. The molecule has 6 heteroatoms. The monoisotopic (exact) mass is 261 g/mol. The summed E-state index contributed by atoms with van der Waals surface area (Å²) in [4.78, 5) is 8.44. The molecule has 2 heterocycles. The van der Waals surface area contributed by atoms with Gasteiger partial charge in [0.05, 0.1) is 18.5 Å². The summed E-state index contributed by atoms with van der Waals surface area (Å²) in [6, 6.07) is 2.08. The van der Waals surface area contributed by atoms with Gasteiger partial charge in [0.15, 0.2) is 0 Å². The van der Waals surface area contributed by atoms with Gasteiger partial charge < -0.3 is 10.1 Å². The van der Waals surface area contributed by atoms with Gasteiger partial charge in [-0.25, -0.2) is 4.98 Å². The molecule has 0 aromatic carbocycles. The van der Waals surface area contributed by atoms with Crippen molar-refractivity contribution in [3.05, 3.63) is 24.7 Å². The first-order chi connectivity index (χ1) is 9.19. The Hall–Kier alpha value is -2.11. The molecule has 0 amide bonds. The largest absolute Gasteiger partial charge is 0.478 e. The van der Waals surface area contributed by atoms with Crippen molar-refractivity contribution in [2.75, 3.05) is 11.9 Å². The average Bonchev–Trinajstić information content (AvgIpc) is 2.85. The van der Waals surface area contributed by atoms with Crippen LogP contribution in [0.4, 0.5) is 11.6 Å². The van der Waals surface area contributed by atoms with Crippen LogP contribution in [0.5, 0.6) is 5.88 Å². The van der Waals surface area contributed by atoms with E-state index in [0.717, 1.165) is 12.1 Å². The maximum atomic E-state index is 5.47. The third kappa shape index (κ3) is 3.67. The van der Waals surface area contributed by atoms with Gasteiger partial charge >= 0.3 is 0 Å². The molecule has 0 radical (unpaired) electrons. The van der Waals surface area contributed by atoms with E-state index in [9.17, 15) is 0 Å². The number of anilines is 2. The van der Waals surface area contributed by atoms with E-state index in [0.29, 0.717) is 24.5 Å². The van der Waals surface area contributed by atoms with E-state index in [1.54, 1.807) is 18.5 Å². The minimum atomic E-state index is 0.329. The average molecular weight is 261 g/mol. The first-order valence-electron chi connectivity index (χ1n) is 6.46. The van der Waals surface area contributed by atoms with E-state index in [1.807, 2.05) is 10.9 Å². The lowest BCUT2D eigenvalue weighted by Crippen LogP contribution is -2.02. The van der Waals surface area contributed by atoms with Crippen molar-refractivity contribution in [3.8, 4) is 5.88 Å². The van der Waals surface area contributed by atoms with Gasteiger partial charge in [0.25, 0.3) is 0 Å². The zero-order valence-corrected chi connectivity index (χ0v) is 11.5. The minimum absolute atomic E-state index is 0.329. The Bertz CT molecular complexity index is 523. The van der Waals surface area contributed by atoms with Gasteiger partial charge in [0, 0.05) is 24.5 Å². The Kier molecular flexibility index (Phi) is 4.33. The van der Waals surface area contributed by atoms with Crippen molar-refractivity contribution < 1.29 is 4.74 Å². The van der Waals surface area contributed by atoms with Crippen LogP contribution in [-0.2, 0) is 0 Å². The molecule has 0 saturated carbocycles. The summed E-state index contributed by atoms with van der Waals surface area (Å²) >= 11 is 0. The molecule has 0 bridgehead atoms. The van der Waals surface area contributed by atoms with E-state index in [4.69, 9.17) is 4.74 Å². The summed E-state index contributed by atoms with van der Waals surface area (Å²) < 4.78 is 7.34. The Morgan fingerprint density at radius 1 is 1.42 bits per heavy atom. The quantitative estimate of drug-likeness (QED) is 0.866.